The second-order valence-corrected chi connectivity index (χ2v) is 4.68. The highest BCUT2D eigenvalue weighted by atomic mass is 16.2. The highest BCUT2D eigenvalue weighted by molar-refractivity contribution is 5.87. The molecule has 1 amide bonds. The third-order valence-corrected chi connectivity index (χ3v) is 3.16. The van der Waals surface area contributed by atoms with E-state index in [2.05, 4.69) is 39.2 Å². The van der Waals surface area contributed by atoms with Crippen LogP contribution < -0.4 is 0 Å². The van der Waals surface area contributed by atoms with Crippen LogP contribution in [0.1, 0.15) is 27.7 Å². The first-order valence-corrected chi connectivity index (χ1v) is 5.66. The Hall–Kier alpha value is -0.830. The molecule has 0 aromatic carbocycles. The summed E-state index contributed by atoms with van der Waals surface area (Å²) in [5.41, 5.74) is 0. The Morgan fingerprint density at radius 3 is 2.40 bits per heavy atom. The Morgan fingerprint density at radius 1 is 1.33 bits per heavy atom. The maximum absolute atomic E-state index is 11.6. The topological polar surface area (TPSA) is 23.6 Å². The number of piperazine rings is 1. The molecule has 0 aromatic rings. The Balaban J connectivity index is 2.70. The number of amides is 1. The van der Waals surface area contributed by atoms with Gasteiger partial charge in [0.2, 0.25) is 5.91 Å². The van der Waals surface area contributed by atoms with Crippen LogP contribution in [0.3, 0.4) is 0 Å². The van der Waals surface area contributed by atoms with Crippen molar-refractivity contribution in [2.45, 2.75) is 45.8 Å². The van der Waals surface area contributed by atoms with Crippen molar-refractivity contribution >= 4 is 5.91 Å². The third kappa shape index (κ3) is 2.59. The summed E-state index contributed by atoms with van der Waals surface area (Å²) in [6.45, 7) is 14.0. The molecule has 0 aliphatic carbocycles. The molecule has 0 radical (unpaired) electrons. The summed E-state index contributed by atoms with van der Waals surface area (Å²) in [5, 5.41) is 0. The first-order chi connectivity index (χ1) is 6.97. The van der Waals surface area contributed by atoms with Crippen molar-refractivity contribution in [3.8, 4) is 0 Å². The van der Waals surface area contributed by atoms with Crippen LogP contribution in [0.2, 0.25) is 0 Å². The first kappa shape index (κ1) is 12.2. The van der Waals surface area contributed by atoms with E-state index in [1.54, 1.807) is 0 Å². The zero-order valence-corrected chi connectivity index (χ0v) is 10.2. The molecular formula is C12H22N2O. The van der Waals surface area contributed by atoms with E-state index >= 15 is 0 Å². The van der Waals surface area contributed by atoms with Crippen molar-refractivity contribution in [2.24, 2.45) is 0 Å². The lowest BCUT2D eigenvalue weighted by atomic mass is 10.1. The molecule has 1 aliphatic heterocycles. The van der Waals surface area contributed by atoms with Crippen molar-refractivity contribution < 1.29 is 4.79 Å². The molecule has 0 unspecified atom stereocenters. The predicted octanol–water partition coefficient (Wildman–Crippen LogP) is 1.50. The molecule has 1 heterocycles. The SMILES string of the molecule is C=CC(=O)N1C[C@@H](C)N(C(C)C)C[C@@H]1C. The minimum atomic E-state index is 0.0535. The molecule has 15 heavy (non-hydrogen) atoms. The number of nitrogens with zero attached hydrogens (tertiary/aromatic N) is 2. The van der Waals surface area contributed by atoms with Gasteiger partial charge in [-0.05, 0) is 33.8 Å². The van der Waals surface area contributed by atoms with Crippen molar-refractivity contribution in [1.29, 1.82) is 0 Å². The lowest BCUT2D eigenvalue weighted by molar-refractivity contribution is -0.132. The van der Waals surface area contributed by atoms with E-state index in [0.29, 0.717) is 12.1 Å². The summed E-state index contributed by atoms with van der Waals surface area (Å²) in [5.74, 6) is 0.0535. The number of carbonyl (C=O) groups excluding carboxylic acids is 1. The van der Waals surface area contributed by atoms with Gasteiger partial charge in [-0.2, -0.15) is 0 Å². The summed E-state index contributed by atoms with van der Waals surface area (Å²) < 4.78 is 0. The maximum Gasteiger partial charge on any atom is 0.246 e. The smallest absolute Gasteiger partial charge is 0.246 e. The normalized spacial score (nSPS) is 28.2. The van der Waals surface area contributed by atoms with Crippen LogP contribution >= 0.6 is 0 Å². The minimum absolute atomic E-state index is 0.0535. The maximum atomic E-state index is 11.6. The van der Waals surface area contributed by atoms with Gasteiger partial charge in [-0.15, -0.1) is 0 Å². The fourth-order valence-corrected chi connectivity index (χ4v) is 2.30. The molecule has 0 N–H and O–H groups in total. The first-order valence-electron chi connectivity index (χ1n) is 5.66. The van der Waals surface area contributed by atoms with Crippen LogP contribution in [0.25, 0.3) is 0 Å². The van der Waals surface area contributed by atoms with Gasteiger partial charge in [-0.3, -0.25) is 9.69 Å². The Kier molecular flexibility index (Phi) is 3.91. The molecule has 1 aliphatic rings. The van der Waals surface area contributed by atoms with E-state index in [1.807, 2.05) is 4.90 Å². The van der Waals surface area contributed by atoms with Crippen molar-refractivity contribution in [3.05, 3.63) is 12.7 Å². The van der Waals surface area contributed by atoms with Gasteiger partial charge in [0.25, 0.3) is 0 Å². The lowest BCUT2D eigenvalue weighted by Crippen LogP contribution is -2.59. The third-order valence-electron chi connectivity index (χ3n) is 3.16. The summed E-state index contributed by atoms with van der Waals surface area (Å²) >= 11 is 0. The number of hydrogen-bond donors (Lipinski definition) is 0. The average molecular weight is 210 g/mol. The van der Waals surface area contributed by atoms with E-state index in [1.165, 1.54) is 6.08 Å². The highest BCUT2D eigenvalue weighted by Crippen LogP contribution is 2.17. The van der Waals surface area contributed by atoms with E-state index in [-0.39, 0.29) is 11.9 Å². The molecule has 2 atom stereocenters. The van der Waals surface area contributed by atoms with Crippen LogP contribution in [0.4, 0.5) is 0 Å². The van der Waals surface area contributed by atoms with E-state index in [4.69, 9.17) is 0 Å². The summed E-state index contributed by atoms with van der Waals surface area (Å²) in [6, 6.07) is 1.27. The van der Waals surface area contributed by atoms with Gasteiger partial charge in [0.05, 0.1) is 0 Å². The highest BCUT2D eigenvalue weighted by Gasteiger charge is 2.31. The monoisotopic (exact) mass is 210 g/mol. The van der Waals surface area contributed by atoms with Crippen molar-refractivity contribution in [2.75, 3.05) is 13.1 Å². The van der Waals surface area contributed by atoms with Crippen LogP contribution in [0.5, 0.6) is 0 Å². The fourth-order valence-electron chi connectivity index (χ4n) is 2.30. The molecule has 1 fully saturated rings. The number of hydrogen-bond acceptors (Lipinski definition) is 2. The Bertz CT molecular complexity index is 250. The zero-order valence-electron chi connectivity index (χ0n) is 10.2. The molecular weight excluding hydrogens is 188 g/mol. The molecule has 0 saturated carbocycles. The lowest BCUT2D eigenvalue weighted by Gasteiger charge is -2.45. The molecule has 0 spiro atoms. The van der Waals surface area contributed by atoms with E-state index in [0.717, 1.165) is 13.1 Å². The quantitative estimate of drug-likeness (QED) is 0.645. The van der Waals surface area contributed by atoms with Gasteiger partial charge in [0.15, 0.2) is 0 Å². The van der Waals surface area contributed by atoms with Crippen molar-refractivity contribution in [1.82, 2.24) is 9.80 Å². The average Bonchev–Trinajstić information content (AvgIpc) is 2.19. The minimum Gasteiger partial charge on any atom is -0.334 e. The molecule has 3 nitrogen and oxygen atoms in total. The predicted molar refractivity (Wildman–Crippen MR) is 62.7 cm³/mol. The van der Waals surface area contributed by atoms with Crippen molar-refractivity contribution in [3.63, 3.8) is 0 Å². The van der Waals surface area contributed by atoms with Crippen LogP contribution in [0.15, 0.2) is 12.7 Å². The summed E-state index contributed by atoms with van der Waals surface area (Å²) in [7, 11) is 0. The van der Waals surface area contributed by atoms with Gasteiger partial charge in [0, 0.05) is 31.2 Å². The zero-order chi connectivity index (χ0) is 11.6. The van der Waals surface area contributed by atoms with Crippen LogP contribution in [-0.2, 0) is 4.79 Å². The van der Waals surface area contributed by atoms with Gasteiger partial charge < -0.3 is 4.90 Å². The number of carbonyl (C=O) groups is 1. The summed E-state index contributed by atoms with van der Waals surface area (Å²) in [4.78, 5) is 15.9. The summed E-state index contributed by atoms with van der Waals surface area (Å²) in [6.07, 6.45) is 1.41. The fraction of sp³-hybridized carbons (Fsp3) is 0.750. The van der Waals surface area contributed by atoms with Gasteiger partial charge in [-0.1, -0.05) is 6.58 Å². The molecule has 0 aromatic heterocycles. The molecule has 1 saturated heterocycles. The van der Waals surface area contributed by atoms with Gasteiger partial charge >= 0.3 is 0 Å². The Morgan fingerprint density at radius 2 is 1.93 bits per heavy atom. The largest absolute Gasteiger partial charge is 0.334 e. The Labute approximate surface area is 92.7 Å². The van der Waals surface area contributed by atoms with E-state index in [9.17, 15) is 4.79 Å². The van der Waals surface area contributed by atoms with Gasteiger partial charge in [0.1, 0.15) is 0 Å². The standard InChI is InChI=1S/C12H22N2O/c1-6-12(15)14-8-10(4)13(9(2)3)7-11(14)5/h6,9-11H,1,7-8H2,2-5H3/t10-,11+/m1/s1. The second-order valence-electron chi connectivity index (χ2n) is 4.68. The van der Waals surface area contributed by atoms with Crippen LogP contribution in [0, 0.1) is 0 Å². The number of rotatable bonds is 2. The molecule has 3 heteroatoms. The van der Waals surface area contributed by atoms with Crippen LogP contribution in [-0.4, -0.2) is 46.9 Å². The molecule has 86 valence electrons. The van der Waals surface area contributed by atoms with Gasteiger partial charge in [-0.25, -0.2) is 0 Å². The molecule has 0 bridgehead atoms. The second kappa shape index (κ2) is 4.79. The molecule has 1 rings (SSSR count). The van der Waals surface area contributed by atoms with E-state index < -0.39 is 0 Å².